The van der Waals surface area contributed by atoms with Gasteiger partial charge >= 0.3 is 0 Å². The van der Waals surface area contributed by atoms with Gasteiger partial charge < -0.3 is 4.74 Å². The Kier molecular flexibility index (Phi) is 1.52. The molecular formula is C5H7BO. The summed E-state index contributed by atoms with van der Waals surface area (Å²) in [6, 6.07) is 0. The van der Waals surface area contributed by atoms with Gasteiger partial charge in [-0.15, -0.1) is 5.47 Å². The molecule has 0 aromatic carbocycles. The van der Waals surface area contributed by atoms with Gasteiger partial charge in [-0.2, -0.15) is 0 Å². The first-order chi connectivity index (χ1) is 3.39. The fraction of sp³-hybridized carbons (Fsp3) is 0.600. The summed E-state index contributed by atoms with van der Waals surface area (Å²) < 4.78 is 4.98. The average molecular weight is 93.9 g/mol. The van der Waals surface area contributed by atoms with E-state index in [1.807, 2.05) is 6.08 Å². The molecule has 1 aliphatic heterocycles. The minimum Gasteiger partial charge on any atom is -0.377 e. The van der Waals surface area contributed by atoms with Crippen molar-refractivity contribution in [1.29, 1.82) is 0 Å². The van der Waals surface area contributed by atoms with Crippen LogP contribution in [0.1, 0.15) is 6.42 Å². The molecule has 7 heavy (non-hydrogen) atoms. The summed E-state index contributed by atoms with van der Waals surface area (Å²) in [7, 11) is 5.42. The summed E-state index contributed by atoms with van der Waals surface area (Å²) in [4.78, 5) is 0. The van der Waals surface area contributed by atoms with E-state index in [1.54, 1.807) is 0 Å². The van der Waals surface area contributed by atoms with E-state index in [1.165, 1.54) is 0 Å². The lowest BCUT2D eigenvalue weighted by atomic mass is 9.92. The molecule has 2 heteroatoms. The zero-order chi connectivity index (χ0) is 5.11. The van der Waals surface area contributed by atoms with Gasteiger partial charge in [0.1, 0.15) is 7.85 Å². The van der Waals surface area contributed by atoms with Crippen molar-refractivity contribution in [2.75, 3.05) is 13.2 Å². The summed E-state index contributed by atoms with van der Waals surface area (Å²) >= 11 is 0. The lowest BCUT2D eigenvalue weighted by molar-refractivity contribution is 0.157. The molecule has 0 N–H and O–H groups in total. The number of rotatable bonds is 0. The summed E-state index contributed by atoms with van der Waals surface area (Å²) in [5.41, 5.74) is 0.964. The van der Waals surface area contributed by atoms with Crippen molar-refractivity contribution in [2.24, 2.45) is 0 Å². The molecule has 0 atom stereocenters. The van der Waals surface area contributed by atoms with Crippen molar-refractivity contribution in [3.8, 4) is 0 Å². The average Bonchev–Trinajstić information content (AvgIpc) is 1.69. The van der Waals surface area contributed by atoms with Crippen LogP contribution in [0.25, 0.3) is 0 Å². The van der Waals surface area contributed by atoms with Crippen LogP contribution in [-0.2, 0) is 4.74 Å². The fourth-order valence-corrected chi connectivity index (χ4v) is 0.541. The molecule has 0 aromatic rings. The number of ether oxygens (including phenoxy) is 1. The van der Waals surface area contributed by atoms with Gasteiger partial charge in [-0.3, -0.25) is 0 Å². The zero-order valence-corrected chi connectivity index (χ0v) is 4.18. The molecular weight excluding hydrogens is 86.9 g/mol. The highest BCUT2D eigenvalue weighted by molar-refractivity contribution is 6.21. The van der Waals surface area contributed by atoms with Crippen LogP contribution in [0, 0.1) is 0 Å². The molecule has 0 amide bonds. The molecule has 0 aliphatic carbocycles. The largest absolute Gasteiger partial charge is 0.377 e. The van der Waals surface area contributed by atoms with E-state index in [0.717, 1.165) is 18.5 Å². The number of hydrogen-bond acceptors (Lipinski definition) is 1. The molecule has 0 saturated carbocycles. The van der Waals surface area contributed by atoms with E-state index in [9.17, 15) is 0 Å². The molecule has 1 rings (SSSR count). The smallest absolute Gasteiger partial charge is 0.107 e. The van der Waals surface area contributed by atoms with Crippen molar-refractivity contribution < 1.29 is 4.74 Å². The van der Waals surface area contributed by atoms with Gasteiger partial charge in [-0.05, 0) is 6.42 Å². The first kappa shape index (κ1) is 4.91. The van der Waals surface area contributed by atoms with Crippen molar-refractivity contribution in [1.82, 2.24) is 0 Å². The Balaban J connectivity index is 2.40. The maximum atomic E-state index is 5.42. The minimum atomic E-state index is 0.700. The van der Waals surface area contributed by atoms with Gasteiger partial charge in [0, 0.05) is 6.61 Å². The van der Waals surface area contributed by atoms with Crippen LogP contribution in [0.3, 0.4) is 0 Å². The predicted octanol–water partition coefficient (Wildman–Crippen LogP) is 0.459. The van der Waals surface area contributed by atoms with E-state index < -0.39 is 0 Å². The summed E-state index contributed by atoms with van der Waals surface area (Å²) in [6.07, 6.45) is 2.81. The lowest BCUT2D eigenvalue weighted by Crippen LogP contribution is -2.03. The molecule has 36 valence electrons. The van der Waals surface area contributed by atoms with Gasteiger partial charge in [0.25, 0.3) is 0 Å². The Hall–Kier alpha value is -0.235. The van der Waals surface area contributed by atoms with Crippen LogP contribution in [0.4, 0.5) is 0 Å². The van der Waals surface area contributed by atoms with E-state index >= 15 is 0 Å². The molecule has 0 bridgehead atoms. The minimum absolute atomic E-state index is 0.700. The topological polar surface area (TPSA) is 9.23 Å². The highest BCUT2D eigenvalue weighted by atomic mass is 16.5. The predicted molar refractivity (Wildman–Crippen MR) is 29.3 cm³/mol. The quantitative estimate of drug-likeness (QED) is 0.396. The molecule has 1 aliphatic rings. The van der Waals surface area contributed by atoms with Crippen LogP contribution < -0.4 is 0 Å². The van der Waals surface area contributed by atoms with E-state index in [2.05, 4.69) is 0 Å². The highest BCUT2D eigenvalue weighted by Crippen LogP contribution is 2.00. The van der Waals surface area contributed by atoms with Gasteiger partial charge in [0.05, 0.1) is 6.61 Å². The molecule has 0 aromatic heterocycles. The van der Waals surface area contributed by atoms with E-state index in [4.69, 9.17) is 12.6 Å². The van der Waals surface area contributed by atoms with Crippen LogP contribution in [0.15, 0.2) is 11.5 Å². The molecule has 2 radical (unpaired) electrons. The first-order valence-corrected chi connectivity index (χ1v) is 2.42. The van der Waals surface area contributed by atoms with Gasteiger partial charge in [0.15, 0.2) is 0 Å². The van der Waals surface area contributed by atoms with Crippen LogP contribution in [0.2, 0.25) is 0 Å². The summed E-state index contributed by atoms with van der Waals surface area (Å²) in [5.74, 6) is 0. The van der Waals surface area contributed by atoms with Crippen molar-refractivity contribution >= 4 is 7.85 Å². The van der Waals surface area contributed by atoms with Crippen LogP contribution in [-0.4, -0.2) is 21.1 Å². The van der Waals surface area contributed by atoms with E-state index in [-0.39, 0.29) is 0 Å². The summed E-state index contributed by atoms with van der Waals surface area (Å²) in [5, 5.41) is 0. The second kappa shape index (κ2) is 2.17. The molecule has 1 nitrogen and oxygen atoms in total. The maximum Gasteiger partial charge on any atom is 0.107 e. The fourth-order valence-electron chi connectivity index (χ4n) is 0.541. The SMILES string of the molecule is [B]C1=CCOCC1. The Morgan fingerprint density at radius 2 is 2.57 bits per heavy atom. The van der Waals surface area contributed by atoms with Crippen molar-refractivity contribution in [3.05, 3.63) is 11.5 Å². The van der Waals surface area contributed by atoms with Crippen molar-refractivity contribution in [2.45, 2.75) is 6.42 Å². The first-order valence-electron chi connectivity index (χ1n) is 2.42. The molecule has 0 spiro atoms. The monoisotopic (exact) mass is 94.1 g/mol. The van der Waals surface area contributed by atoms with Crippen LogP contribution in [0.5, 0.6) is 0 Å². The third-order valence-electron chi connectivity index (χ3n) is 0.998. The number of hydrogen-bond donors (Lipinski definition) is 0. The Morgan fingerprint density at radius 3 is 2.86 bits per heavy atom. The second-order valence-corrected chi connectivity index (χ2v) is 1.60. The zero-order valence-electron chi connectivity index (χ0n) is 4.18. The molecule has 0 saturated heterocycles. The second-order valence-electron chi connectivity index (χ2n) is 1.60. The molecule has 1 heterocycles. The van der Waals surface area contributed by atoms with Gasteiger partial charge in [-0.25, -0.2) is 0 Å². The van der Waals surface area contributed by atoms with E-state index in [0.29, 0.717) is 6.61 Å². The normalized spacial score (nSPS) is 21.4. The lowest BCUT2D eigenvalue weighted by Gasteiger charge is -2.07. The van der Waals surface area contributed by atoms with Gasteiger partial charge in [0.2, 0.25) is 0 Å². The standard InChI is InChI=1S/C5H7BO/c6-5-1-3-7-4-2-5/h1H,2-4H2. The Morgan fingerprint density at radius 1 is 1.71 bits per heavy atom. The van der Waals surface area contributed by atoms with Crippen molar-refractivity contribution in [3.63, 3.8) is 0 Å². The Bertz CT molecular complexity index is 88.1. The molecule has 0 fully saturated rings. The highest BCUT2D eigenvalue weighted by Gasteiger charge is 1.94. The third-order valence-corrected chi connectivity index (χ3v) is 0.998. The van der Waals surface area contributed by atoms with Gasteiger partial charge in [-0.1, -0.05) is 6.08 Å². The Labute approximate surface area is 44.8 Å². The third kappa shape index (κ3) is 1.36. The van der Waals surface area contributed by atoms with Crippen LogP contribution >= 0.6 is 0 Å². The maximum absolute atomic E-state index is 5.42. The molecule has 0 unspecified atom stereocenters. The summed E-state index contributed by atoms with van der Waals surface area (Å²) in [6.45, 7) is 1.49.